The van der Waals surface area contributed by atoms with Crippen LogP contribution in [-0.2, 0) is 16.1 Å². The Labute approximate surface area is 198 Å². The van der Waals surface area contributed by atoms with Crippen LogP contribution in [-0.4, -0.2) is 66.6 Å². The lowest BCUT2D eigenvalue weighted by molar-refractivity contribution is -0.134. The molecule has 1 aromatic heterocycles. The van der Waals surface area contributed by atoms with E-state index in [1.165, 1.54) is 29.2 Å². The molecular formula is C26H28FN3O4. The molecule has 2 aromatic carbocycles. The van der Waals surface area contributed by atoms with E-state index >= 15 is 0 Å². The largest absolute Gasteiger partial charge is 0.496 e. The average molecular weight is 466 g/mol. The summed E-state index contributed by atoms with van der Waals surface area (Å²) >= 11 is 0. The van der Waals surface area contributed by atoms with Gasteiger partial charge in [0.2, 0.25) is 5.91 Å². The van der Waals surface area contributed by atoms with Crippen LogP contribution in [0.25, 0.3) is 0 Å². The quantitative estimate of drug-likeness (QED) is 0.512. The summed E-state index contributed by atoms with van der Waals surface area (Å²) in [6.45, 7) is 1.54. The minimum Gasteiger partial charge on any atom is -0.496 e. The molecule has 3 aromatic rings. The Balaban J connectivity index is 1.63. The molecule has 0 radical (unpaired) electrons. The van der Waals surface area contributed by atoms with E-state index in [1.807, 2.05) is 42.6 Å². The summed E-state index contributed by atoms with van der Waals surface area (Å²) in [4.78, 5) is 30.0. The zero-order chi connectivity index (χ0) is 24.1. The fraction of sp³-hybridized carbons (Fsp3) is 0.308. The van der Waals surface area contributed by atoms with Gasteiger partial charge in [-0.1, -0.05) is 18.2 Å². The van der Waals surface area contributed by atoms with Crippen molar-refractivity contribution >= 4 is 11.8 Å². The minimum atomic E-state index is -0.424. The van der Waals surface area contributed by atoms with Crippen LogP contribution in [0.1, 0.15) is 27.7 Å². The van der Waals surface area contributed by atoms with Crippen LogP contribution in [0.2, 0.25) is 0 Å². The van der Waals surface area contributed by atoms with Crippen LogP contribution < -0.4 is 4.74 Å². The molecule has 4 rings (SSSR count). The van der Waals surface area contributed by atoms with E-state index in [0.717, 1.165) is 11.3 Å². The number of rotatable bonds is 8. The Kier molecular flexibility index (Phi) is 7.27. The molecule has 2 amide bonds. The van der Waals surface area contributed by atoms with Gasteiger partial charge in [0.1, 0.15) is 24.2 Å². The molecule has 178 valence electrons. The third-order valence-electron chi connectivity index (χ3n) is 6.06. The Morgan fingerprint density at radius 2 is 1.79 bits per heavy atom. The molecule has 2 heterocycles. The summed E-state index contributed by atoms with van der Waals surface area (Å²) in [5.74, 6) is -0.264. The van der Waals surface area contributed by atoms with Gasteiger partial charge in [-0.15, -0.1) is 0 Å². The van der Waals surface area contributed by atoms with E-state index in [1.54, 1.807) is 19.1 Å². The molecule has 0 saturated carbocycles. The molecule has 0 saturated heterocycles. The normalized spacial score (nSPS) is 15.0. The second kappa shape index (κ2) is 10.5. The predicted molar refractivity (Wildman–Crippen MR) is 125 cm³/mol. The van der Waals surface area contributed by atoms with E-state index in [-0.39, 0.29) is 37.6 Å². The summed E-state index contributed by atoms with van der Waals surface area (Å²) in [6, 6.07) is 16.6. The third-order valence-corrected chi connectivity index (χ3v) is 6.06. The molecule has 0 spiro atoms. The first-order valence-electron chi connectivity index (χ1n) is 11.1. The van der Waals surface area contributed by atoms with E-state index in [2.05, 4.69) is 4.57 Å². The number of fused-ring (bicyclic) bond motifs is 1. The first-order valence-corrected chi connectivity index (χ1v) is 11.1. The number of methoxy groups -OCH3 is 2. The highest BCUT2D eigenvalue weighted by molar-refractivity contribution is 5.96. The maximum atomic E-state index is 13.7. The SMILES string of the molecule is COCCN(CC(=O)N1CCn2cccc2C1c1ccccc1OC)C(=O)c1ccc(F)cc1. The van der Waals surface area contributed by atoms with Gasteiger partial charge in [0.05, 0.1) is 13.7 Å². The molecule has 0 bridgehead atoms. The van der Waals surface area contributed by atoms with Gasteiger partial charge in [0.25, 0.3) is 5.91 Å². The van der Waals surface area contributed by atoms with Gasteiger partial charge < -0.3 is 23.8 Å². The molecule has 1 aliphatic rings. The van der Waals surface area contributed by atoms with E-state index < -0.39 is 5.82 Å². The summed E-state index contributed by atoms with van der Waals surface area (Å²) in [7, 11) is 3.15. The summed E-state index contributed by atoms with van der Waals surface area (Å²) < 4.78 is 26.2. The highest BCUT2D eigenvalue weighted by atomic mass is 19.1. The molecule has 0 aliphatic carbocycles. The van der Waals surface area contributed by atoms with Crippen molar-refractivity contribution in [1.29, 1.82) is 0 Å². The summed E-state index contributed by atoms with van der Waals surface area (Å²) in [5.41, 5.74) is 2.18. The fourth-order valence-electron chi connectivity index (χ4n) is 4.35. The smallest absolute Gasteiger partial charge is 0.254 e. The van der Waals surface area contributed by atoms with Crippen LogP contribution in [0.5, 0.6) is 5.75 Å². The number of halogens is 1. The Hall–Kier alpha value is -3.65. The summed E-state index contributed by atoms with van der Waals surface area (Å²) in [6.07, 6.45) is 2.00. The summed E-state index contributed by atoms with van der Waals surface area (Å²) in [5, 5.41) is 0. The predicted octanol–water partition coefficient (Wildman–Crippen LogP) is 3.36. The van der Waals surface area contributed by atoms with Crippen molar-refractivity contribution in [2.24, 2.45) is 0 Å². The van der Waals surface area contributed by atoms with Crippen LogP contribution in [0.4, 0.5) is 4.39 Å². The third kappa shape index (κ3) is 4.82. The highest BCUT2D eigenvalue weighted by Crippen LogP contribution is 2.37. The van der Waals surface area contributed by atoms with Crippen LogP contribution >= 0.6 is 0 Å². The van der Waals surface area contributed by atoms with Crippen LogP contribution in [0.3, 0.4) is 0 Å². The van der Waals surface area contributed by atoms with Crippen LogP contribution in [0, 0.1) is 5.82 Å². The number of ether oxygens (including phenoxy) is 2. The van der Waals surface area contributed by atoms with Crippen molar-refractivity contribution in [2.75, 3.05) is 40.5 Å². The van der Waals surface area contributed by atoms with Crippen LogP contribution in [0.15, 0.2) is 66.9 Å². The number of para-hydroxylation sites is 1. The van der Waals surface area contributed by atoms with E-state index in [4.69, 9.17) is 9.47 Å². The van der Waals surface area contributed by atoms with Gasteiger partial charge >= 0.3 is 0 Å². The molecule has 8 heteroatoms. The zero-order valence-corrected chi connectivity index (χ0v) is 19.3. The number of nitrogens with zero attached hydrogens (tertiary/aromatic N) is 3. The number of carbonyl (C=O) groups excluding carboxylic acids is 2. The molecule has 1 atom stereocenters. The van der Waals surface area contributed by atoms with E-state index in [0.29, 0.717) is 24.4 Å². The van der Waals surface area contributed by atoms with Gasteiger partial charge in [0, 0.05) is 49.8 Å². The zero-order valence-electron chi connectivity index (χ0n) is 19.3. The second-order valence-corrected chi connectivity index (χ2v) is 8.08. The average Bonchev–Trinajstić information content (AvgIpc) is 3.35. The Bertz CT molecular complexity index is 1140. The molecular weight excluding hydrogens is 437 g/mol. The monoisotopic (exact) mass is 465 g/mol. The van der Waals surface area contributed by atoms with E-state index in [9.17, 15) is 14.0 Å². The molecule has 34 heavy (non-hydrogen) atoms. The van der Waals surface area contributed by atoms with Crippen molar-refractivity contribution in [1.82, 2.24) is 14.4 Å². The van der Waals surface area contributed by atoms with Gasteiger partial charge in [-0.3, -0.25) is 9.59 Å². The first kappa shape index (κ1) is 23.5. The maximum Gasteiger partial charge on any atom is 0.254 e. The Morgan fingerprint density at radius 3 is 2.53 bits per heavy atom. The minimum absolute atomic E-state index is 0.119. The Morgan fingerprint density at radius 1 is 1.03 bits per heavy atom. The maximum absolute atomic E-state index is 13.7. The number of hydrogen-bond donors (Lipinski definition) is 0. The second-order valence-electron chi connectivity index (χ2n) is 8.08. The van der Waals surface area contributed by atoms with Gasteiger partial charge in [-0.05, 0) is 42.5 Å². The number of hydrogen-bond acceptors (Lipinski definition) is 4. The van der Waals surface area contributed by atoms with Crippen molar-refractivity contribution in [3.8, 4) is 5.75 Å². The van der Waals surface area contributed by atoms with Crippen molar-refractivity contribution in [2.45, 2.75) is 12.6 Å². The number of carbonyl (C=O) groups is 2. The molecule has 0 N–H and O–H groups in total. The van der Waals surface area contributed by atoms with Crippen molar-refractivity contribution in [3.63, 3.8) is 0 Å². The standard InChI is InChI=1S/C26H28FN3O4/c1-33-17-16-29(26(32)19-9-11-20(27)12-10-19)18-24(31)30-15-14-28-13-5-7-22(28)25(30)21-6-3-4-8-23(21)34-2/h3-13,25H,14-18H2,1-2H3. The molecule has 1 aliphatic heterocycles. The molecule has 0 fully saturated rings. The lowest BCUT2D eigenvalue weighted by Gasteiger charge is -2.39. The molecule has 1 unspecified atom stereocenters. The first-order chi connectivity index (χ1) is 16.5. The highest BCUT2D eigenvalue weighted by Gasteiger charge is 2.35. The van der Waals surface area contributed by atoms with Gasteiger partial charge in [-0.2, -0.15) is 0 Å². The number of aromatic nitrogens is 1. The fourth-order valence-corrected chi connectivity index (χ4v) is 4.35. The lowest BCUT2D eigenvalue weighted by atomic mass is 9.98. The number of amides is 2. The number of benzene rings is 2. The van der Waals surface area contributed by atoms with Gasteiger partial charge in [-0.25, -0.2) is 4.39 Å². The molecule has 7 nitrogen and oxygen atoms in total. The van der Waals surface area contributed by atoms with Crippen molar-refractivity contribution in [3.05, 3.63) is 89.5 Å². The topological polar surface area (TPSA) is 64.0 Å². The van der Waals surface area contributed by atoms with Crippen molar-refractivity contribution < 1.29 is 23.5 Å². The lowest BCUT2D eigenvalue weighted by Crippen LogP contribution is -2.48. The van der Waals surface area contributed by atoms with Gasteiger partial charge in [0.15, 0.2) is 0 Å².